The van der Waals surface area contributed by atoms with Gasteiger partial charge in [-0.25, -0.2) is 4.98 Å². The van der Waals surface area contributed by atoms with Gasteiger partial charge >= 0.3 is 0 Å². The quantitative estimate of drug-likeness (QED) is 0.581. The number of aromatic amines is 1. The normalized spacial score (nSPS) is 15.8. The molecule has 0 bridgehead atoms. The lowest BCUT2D eigenvalue weighted by Gasteiger charge is -2.25. The van der Waals surface area contributed by atoms with E-state index >= 15 is 0 Å². The molecular formula is C21H20N6O. The zero-order valence-corrected chi connectivity index (χ0v) is 15.3. The molecule has 28 heavy (non-hydrogen) atoms. The molecule has 0 saturated carbocycles. The third kappa shape index (κ3) is 3.38. The summed E-state index contributed by atoms with van der Waals surface area (Å²) in [4.78, 5) is 8.99. The van der Waals surface area contributed by atoms with Crippen LogP contribution in [0.4, 0.5) is 0 Å². The molecule has 4 heterocycles. The lowest BCUT2D eigenvalue weighted by Crippen LogP contribution is -2.22. The molecule has 140 valence electrons. The number of ether oxygens (including phenoxy) is 1. The van der Waals surface area contributed by atoms with E-state index in [9.17, 15) is 0 Å². The summed E-state index contributed by atoms with van der Waals surface area (Å²) in [7, 11) is 0. The number of hydrogen-bond acceptors (Lipinski definition) is 5. The lowest BCUT2D eigenvalue weighted by atomic mass is 9.94. The van der Waals surface area contributed by atoms with Crippen molar-refractivity contribution in [1.82, 2.24) is 29.9 Å². The highest BCUT2D eigenvalue weighted by molar-refractivity contribution is 5.65. The van der Waals surface area contributed by atoms with Crippen molar-refractivity contribution >= 4 is 0 Å². The molecule has 0 fully saturated rings. The summed E-state index contributed by atoms with van der Waals surface area (Å²) in [5.41, 5.74) is 4.75. The maximum atomic E-state index is 5.90. The number of aryl methyl sites for hydroxylation is 1. The van der Waals surface area contributed by atoms with Crippen LogP contribution in [0.3, 0.4) is 0 Å². The first-order chi connectivity index (χ1) is 13.8. The molecule has 1 aliphatic heterocycles. The zero-order valence-electron chi connectivity index (χ0n) is 15.3. The molecule has 0 saturated heterocycles. The first kappa shape index (κ1) is 16.7. The summed E-state index contributed by atoms with van der Waals surface area (Å²) in [5.74, 6) is 1.55. The van der Waals surface area contributed by atoms with Crippen LogP contribution in [0.2, 0.25) is 0 Å². The number of pyridine rings is 1. The van der Waals surface area contributed by atoms with Gasteiger partial charge in [0.15, 0.2) is 0 Å². The van der Waals surface area contributed by atoms with Crippen LogP contribution < -0.4 is 4.74 Å². The van der Waals surface area contributed by atoms with E-state index in [1.807, 2.05) is 36.8 Å². The van der Waals surface area contributed by atoms with E-state index in [0.717, 1.165) is 54.4 Å². The molecule has 7 heteroatoms. The lowest BCUT2D eigenvalue weighted by molar-refractivity contribution is 0.209. The van der Waals surface area contributed by atoms with Crippen molar-refractivity contribution in [2.45, 2.75) is 19.4 Å². The minimum Gasteiger partial charge on any atom is -0.493 e. The smallest absolute Gasteiger partial charge is 0.122 e. The molecular weight excluding hydrogens is 352 g/mol. The molecule has 0 radical (unpaired) electrons. The third-order valence-corrected chi connectivity index (χ3v) is 5.12. The molecule has 7 nitrogen and oxygen atoms in total. The standard InChI is InChI=1S/C21H20N6O/c1-2-4-21-17(3-1)9-15(13-28-21)6-8-27-12-20(23-14-27)18-10-16(5-7-22-18)19-11-24-26-25-19/h1-5,7,10-12,14-15H,6,8-9,13H2,(H,24,25,26). The molecule has 1 aliphatic rings. The van der Waals surface area contributed by atoms with Crippen molar-refractivity contribution in [3.8, 4) is 28.4 Å². The van der Waals surface area contributed by atoms with E-state index in [2.05, 4.69) is 42.1 Å². The van der Waals surface area contributed by atoms with Gasteiger partial charge in [-0.2, -0.15) is 15.4 Å². The third-order valence-electron chi connectivity index (χ3n) is 5.12. The Morgan fingerprint density at radius 3 is 3.00 bits per heavy atom. The average Bonchev–Trinajstić information content (AvgIpc) is 3.44. The molecule has 1 atom stereocenters. The predicted molar refractivity (Wildman–Crippen MR) is 105 cm³/mol. The van der Waals surface area contributed by atoms with Crippen LogP contribution in [0.25, 0.3) is 22.6 Å². The van der Waals surface area contributed by atoms with Crippen molar-refractivity contribution in [3.63, 3.8) is 0 Å². The Kier molecular flexibility index (Phi) is 4.33. The van der Waals surface area contributed by atoms with Crippen molar-refractivity contribution in [2.24, 2.45) is 5.92 Å². The van der Waals surface area contributed by atoms with Gasteiger partial charge in [-0.1, -0.05) is 18.2 Å². The van der Waals surface area contributed by atoms with E-state index < -0.39 is 0 Å². The first-order valence-corrected chi connectivity index (χ1v) is 9.40. The van der Waals surface area contributed by atoms with E-state index in [1.165, 1.54) is 5.56 Å². The summed E-state index contributed by atoms with van der Waals surface area (Å²) in [5, 5.41) is 10.6. The maximum absolute atomic E-state index is 5.90. The van der Waals surface area contributed by atoms with Crippen molar-refractivity contribution in [1.29, 1.82) is 0 Å². The summed E-state index contributed by atoms with van der Waals surface area (Å²) in [6.45, 7) is 1.69. The highest BCUT2D eigenvalue weighted by atomic mass is 16.5. The van der Waals surface area contributed by atoms with Gasteiger partial charge in [0, 0.05) is 24.5 Å². The summed E-state index contributed by atoms with van der Waals surface area (Å²) < 4.78 is 8.02. The zero-order chi connectivity index (χ0) is 18.8. The molecule has 4 aromatic rings. The van der Waals surface area contributed by atoms with E-state index in [4.69, 9.17) is 4.74 Å². The van der Waals surface area contributed by atoms with Gasteiger partial charge in [0.2, 0.25) is 0 Å². The number of rotatable bonds is 5. The Morgan fingerprint density at radius 2 is 2.07 bits per heavy atom. The molecule has 1 aromatic carbocycles. The van der Waals surface area contributed by atoms with Gasteiger partial charge < -0.3 is 9.30 Å². The predicted octanol–water partition coefficient (Wildman–Crippen LogP) is 3.37. The minimum atomic E-state index is 0.523. The molecule has 0 spiro atoms. The van der Waals surface area contributed by atoms with Gasteiger partial charge in [0.25, 0.3) is 0 Å². The van der Waals surface area contributed by atoms with Crippen LogP contribution in [0.1, 0.15) is 12.0 Å². The highest BCUT2D eigenvalue weighted by Crippen LogP contribution is 2.28. The number of H-pyrrole nitrogens is 1. The SMILES string of the molecule is c1ccc2c(c1)CC(CCn1cnc(-c3cc(-c4cn[nH]n4)ccn3)c1)CO2. The van der Waals surface area contributed by atoms with Crippen LogP contribution >= 0.6 is 0 Å². The van der Waals surface area contributed by atoms with Gasteiger partial charge in [-0.3, -0.25) is 4.98 Å². The number of benzene rings is 1. The van der Waals surface area contributed by atoms with Crippen LogP contribution in [-0.4, -0.2) is 36.6 Å². The highest BCUT2D eigenvalue weighted by Gasteiger charge is 2.19. The Morgan fingerprint density at radius 1 is 1.11 bits per heavy atom. The first-order valence-electron chi connectivity index (χ1n) is 9.40. The van der Waals surface area contributed by atoms with Crippen molar-refractivity contribution < 1.29 is 4.74 Å². The van der Waals surface area contributed by atoms with E-state index in [-0.39, 0.29) is 0 Å². The summed E-state index contributed by atoms with van der Waals surface area (Å²) in [6, 6.07) is 12.2. The Labute approximate surface area is 162 Å². The number of fused-ring (bicyclic) bond motifs is 1. The minimum absolute atomic E-state index is 0.523. The van der Waals surface area contributed by atoms with Crippen LogP contribution in [-0.2, 0) is 13.0 Å². The topological polar surface area (TPSA) is 81.5 Å². The van der Waals surface area contributed by atoms with Gasteiger partial charge in [-0.15, -0.1) is 0 Å². The second-order valence-corrected chi connectivity index (χ2v) is 7.06. The van der Waals surface area contributed by atoms with E-state index in [0.29, 0.717) is 5.92 Å². The average molecular weight is 372 g/mol. The number of para-hydroxylation sites is 1. The Hall–Kier alpha value is -3.48. The molecule has 1 unspecified atom stereocenters. The Balaban J connectivity index is 1.25. The molecule has 1 N–H and O–H groups in total. The number of nitrogens with zero attached hydrogens (tertiary/aromatic N) is 5. The fraction of sp³-hybridized carbons (Fsp3) is 0.238. The number of nitrogens with one attached hydrogen (secondary N) is 1. The van der Waals surface area contributed by atoms with Gasteiger partial charge in [0.1, 0.15) is 17.1 Å². The van der Waals surface area contributed by atoms with Crippen LogP contribution in [0.15, 0.2) is 61.3 Å². The monoisotopic (exact) mass is 372 g/mol. The number of imidazole rings is 1. The molecule has 3 aromatic heterocycles. The Bertz CT molecular complexity index is 1070. The molecule has 5 rings (SSSR count). The van der Waals surface area contributed by atoms with Crippen LogP contribution in [0, 0.1) is 5.92 Å². The number of hydrogen-bond donors (Lipinski definition) is 1. The maximum Gasteiger partial charge on any atom is 0.122 e. The van der Waals surface area contributed by atoms with Crippen LogP contribution in [0.5, 0.6) is 5.75 Å². The summed E-state index contributed by atoms with van der Waals surface area (Å²) >= 11 is 0. The fourth-order valence-corrected chi connectivity index (χ4v) is 3.59. The van der Waals surface area contributed by atoms with E-state index in [1.54, 1.807) is 12.4 Å². The summed E-state index contributed by atoms with van der Waals surface area (Å²) in [6.07, 6.45) is 9.51. The van der Waals surface area contributed by atoms with Crippen molar-refractivity contribution in [3.05, 3.63) is 66.9 Å². The fourth-order valence-electron chi connectivity index (χ4n) is 3.59. The largest absolute Gasteiger partial charge is 0.493 e. The van der Waals surface area contributed by atoms with Crippen molar-refractivity contribution in [2.75, 3.05) is 6.61 Å². The molecule has 0 aliphatic carbocycles. The van der Waals surface area contributed by atoms with Gasteiger partial charge in [-0.05, 0) is 42.5 Å². The van der Waals surface area contributed by atoms with Gasteiger partial charge in [0.05, 0.1) is 24.8 Å². The second-order valence-electron chi connectivity index (χ2n) is 7.06. The molecule has 0 amide bonds. The second kappa shape index (κ2) is 7.26. The number of aromatic nitrogens is 6.